The molecule has 0 radical (unpaired) electrons. The number of rotatable bonds is 9. The Morgan fingerprint density at radius 3 is 2.20 bits per heavy atom. The van der Waals surface area contributed by atoms with Crippen LogP contribution in [0.3, 0.4) is 0 Å². The molecule has 2 fully saturated rings. The number of nitrogens with one attached hydrogen (secondary N) is 1. The second-order valence-electron chi connectivity index (χ2n) is 13.2. The Hall–Kier alpha value is -2.90. The number of amides is 2. The van der Waals surface area contributed by atoms with E-state index in [9.17, 15) is 9.59 Å². The number of nitrogens with zero attached hydrogens (tertiary/aromatic N) is 3. The quantitative estimate of drug-likeness (QED) is 0.264. The van der Waals surface area contributed by atoms with Crippen LogP contribution in [0.1, 0.15) is 71.8 Å². The summed E-state index contributed by atoms with van der Waals surface area (Å²) in [4.78, 5) is 34.5. The Kier molecular flexibility index (Phi) is 11.2. The number of carbonyl (C=O) groups is 2. The molecule has 2 aliphatic rings. The third-order valence-electron chi connectivity index (χ3n) is 9.03. The summed E-state index contributed by atoms with van der Waals surface area (Å²) < 4.78 is 0. The summed E-state index contributed by atoms with van der Waals surface area (Å²) in [6, 6.07) is 21.7. The van der Waals surface area contributed by atoms with Crippen molar-refractivity contribution in [3.8, 4) is 0 Å². The summed E-state index contributed by atoms with van der Waals surface area (Å²) in [6.45, 7) is 12.6. The summed E-state index contributed by atoms with van der Waals surface area (Å²) in [6.07, 6.45) is 2.76. The van der Waals surface area contributed by atoms with Gasteiger partial charge in [0.1, 0.15) is 0 Å². The van der Waals surface area contributed by atoms with Crippen LogP contribution in [0.15, 0.2) is 66.7 Å². The Balaban J connectivity index is 1.32. The van der Waals surface area contributed by atoms with E-state index >= 15 is 0 Å². The van der Waals surface area contributed by atoms with E-state index in [0.717, 1.165) is 55.6 Å². The fraction of sp³-hybridized carbons (Fsp3) is 0.459. The van der Waals surface area contributed by atoms with E-state index in [0.29, 0.717) is 41.2 Å². The number of halogens is 2. The van der Waals surface area contributed by atoms with Gasteiger partial charge in [0.2, 0.25) is 5.91 Å². The lowest BCUT2D eigenvalue weighted by Gasteiger charge is -2.44. The molecule has 2 aliphatic heterocycles. The topological polar surface area (TPSA) is 55.9 Å². The minimum absolute atomic E-state index is 0.0157. The number of piperidine rings is 1. The zero-order chi connectivity index (χ0) is 32.1. The highest BCUT2D eigenvalue weighted by molar-refractivity contribution is 6.42. The first-order valence-electron chi connectivity index (χ1n) is 16.2. The van der Waals surface area contributed by atoms with Crippen LogP contribution in [-0.2, 0) is 11.3 Å². The maximum absolute atomic E-state index is 14.5. The first-order chi connectivity index (χ1) is 21.6. The van der Waals surface area contributed by atoms with Gasteiger partial charge in [-0.2, -0.15) is 0 Å². The Morgan fingerprint density at radius 2 is 1.56 bits per heavy atom. The minimum Gasteiger partial charge on any atom is -0.334 e. The van der Waals surface area contributed by atoms with Gasteiger partial charge in [-0.05, 0) is 87.5 Å². The van der Waals surface area contributed by atoms with Gasteiger partial charge in [-0.3, -0.25) is 14.5 Å². The van der Waals surface area contributed by atoms with Crippen molar-refractivity contribution >= 4 is 35.0 Å². The standard InChI is InChI=1S/C37H46Cl2N4O2/c1-25(2)18-34(40-31-12-14-41(15-13-31)23-28-8-6-5-7-9-28)37(45)43-17-16-42(36(44)30-20-26(3)19-27(4)21-30)24-35(43)29-10-11-32(38)33(39)22-29/h5-11,19-22,25,31,34-35,40H,12-18,23-24H2,1-4H3/t34-,35+/m0/s1. The molecule has 2 amide bonds. The number of hydrogen-bond acceptors (Lipinski definition) is 4. The number of carbonyl (C=O) groups excluding carboxylic acids is 2. The van der Waals surface area contributed by atoms with Crippen LogP contribution >= 0.6 is 23.2 Å². The number of benzene rings is 3. The molecule has 0 aliphatic carbocycles. The second kappa shape index (κ2) is 15.1. The van der Waals surface area contributed by atoms with E-state index in [4.69, 9.17) is 23.2 Å². The number of likely N-dealkylation sites (tertiary alicyclic amines) is 1. The van der Waals surface area contributed by atoms with E-state index in [1.54, 1.807) is 6.07 Å². The highest BCUT2D eigenvalue weighted by Crippen LogP contribution is 2.32. The van der Waals surface area contributed by atoms with Gasteiger partial charge in [0.15, 0.2) is 0 Å². The molecule has 5 rings (SSSR count). The highest BCUT2D eigenvalue weighted by atomic mass is 35.5. The van der Waals surface area contributed by atoms with Crippen molar-refractivity contribution in [3.05, 3.63) is 105 Å². The molecule has 0 aromatic heterocycles. The molecule has 2 saturated heterocycles. The minimum atomic E-state index is -0.333. The van der Waals surface area contributed by atoms with Crippen LogP contribution in [0.2, 0.25) is 10.0 Å². The molecule has 240 valence electrons. The lowest BCUT2D eigenvalue weighted by molar-refractivity contribution is -0.139. The first-order valence-corrected chi connectivity index (χ1v) is 17.0. The summed E-state index contributed by atoms with van der Waals surface area (Å²) in [5.74, 6) is 0.420. The molecule has 0 spiro atoms. The second-order valence-corrected chi connectivity index (χ2v) is 14.0. The monoisotopic (exact) mass is 648 g/mol. The van der Waals surface area contributed by atoms with Crippen LogP contribution in [0.4, 0.5) is 0 Å². The molecular formula is C37H46Cl2N4O2. The maximum Gasteiger partial charge on any atom is 0.254 e. The summed E-state index contributed by atoms with van der Waals surface area (Å²) in [5, 5.41) is 4.70. The number of aryl methyl sites for hydroxylation is 2. The molecule has 0 saturated carbocycles. The van der Waals surface area contributed by atoms with E-state index < -0.39 is 0 Å². The first kappa shape index (κ1) is 33.5. The van der Waals surface area contributed by atoms with Gasteiger partial charge in [0, 0.05) is 37.8 Å². The van der Waals surface area contributed by atoms with Crippen LogP contribution in [0.25, 0.3) is 0 Å². The van der Waals surface area contributed by atoms with Gasteiger partial charge in [-0.1, -0.05) is 90.6 Å². The number of hydrogen-bond donors (Lipinski definition) is 1. The average Bonchev–Trinajstić information content (AvgIpc) is 3.02. The molecule has 8 heteroatoms. The molecule has 1 N–H and O–H groups in total. The van der Waals surface area contributed by atoms with Crippen LogP contribution in [0.5, 0.6) is 0 Å². The summed E-state index contributed by atoms with van der Waals surface area (Å²) in [7, 11) is 0. The molecule has 2 atom stereocenters. The molecule has 2 heterocycles. The van der Waals surface area contributed by atoms with E-state index in [2.05, 4.69) is 60.5 Å². The molecular weight excluding hydrogens is 603 g/mol. The van der Waals surface area contributed by atoms with E-state index in [1.807, 2.05) is 47.9 Å². The normalized spacial score (nSPS) is 18.8. The van der Waals surface area contributed by atoms with Crippen LogP contribution < -0.4 is 5.32 Å². The molecule has 0 bridgehead atoms. The SMILES string of the molecule is Cc1cc(C)cc(C(=O)N2CCN(C(=O)[C@H](CC(C)C)NC3CCN(Cc4ccccc4)CC3)[C@@H](c3ccc(Cl)c(Cl)c3)C2)c1. The molecule has 6 nitrogen and oxygen atoms in total. The van der Waals surface area contributed by atoms with Gasteiger partial charge in [0.25, 0.3) is 5.91 Å². The lowest BCUT2D eigenvalue weighted by Crippen LogP contribution is -2.58. The van der Waals surface area contributed by atoms with Crippen LogP contribution in [0, 0.1) is 19.8 Å². The molecule has 0 unspecified atom stereocenters. The fourth-order valence-electron chi connectivity index (χ4n) is 6.81. The van der Waals surface area contributed by atoms with Gasteiger partial charge in [-0.15, -0.1) is 0 Å². The zero-order valence-electron chi connectivity index (χ0n) is 26.9. The van der Waals surface area contributed by atoms with Crippen LogP contribution in [-0.4, -0.2) is 71.3 Å². The van der Waals surface area contributed by atoms with Crippen molar-refractivity contribution in [2.75, 3.05) is 32.7 Å². The van der Waals surface area contributed by atoms with Crippen molar-refractivity contribution in [1.82, 2.24) is 20.0 Å². The molecule has 3 aromatic carbocycles. The Labute approximate surface area is 278 Å². The van der Waals surface area contributed by atoms with Gasteiger partial charge in [0.05, 0.1) is 22.1 Å². The van der Waals surface area contributed by atoms with Crippen molar-refractivity contribution in [2.24, 2.45) is 5.92 Å². The maximum atomic E-state index is 14.5. The Morgan fingerprint density at radius 1 is 0.867 bits per heavy atom. The predicted molar refractivity (Wildman–Crippen MR) is 184 cm³/mol. The molecule has 3 aromatic rings. The van der Waals surface area contributed by atoms with E-state index in [1.165, 1.54) is 5.56 Å². The van der Waals surface area contributed by atoms with E-state index in [-0.39, 0.29) is 29.9 Å². The van der Waals surface area contributed by atoms with Crippen molar-refractivity contribution in [2.45, 2.75) is 71.6 Å². The predicted octanol–water partition coefficient (Wildman–Crippen LogP) is 7.30. The molecule has 45 heavy (non-hydrogen) atoms. The van der Waals surface area contributed by atoms with Crippen molar-refractivity contribution in [3.63, 3.8) is 0 Å². The number of piperazine rings is 1. The smallest absolute Gasteiger partial charge is 0.254 e. The van der Waals surface area contributed by atoms with Gasteiger partial charge in [-0.25, -0.2) is 0 Å². The lowest BCUT2D eigenvalue weighted by atomic mass is 9.95. The van der Waals surface area contributed by atoms with Gasteiger partial charge < -0.3 is 15.1 Å². The highest BCUT2D eigenvalue weighted by Gasteiger charge is 2.38. The average molecular weight is 650 g/mol. The van der Waals surface area contributed by atoms with Crippen molar-refractivity contribution in [1.29, 1.82) is 0 Å². The van der Waals surface area contributed by atoms with Crippen molar-refractivity contribution < 1.29 is 9.59 Å². The largest absolute Gasteiger partial charge is 0.334 e. The zero-order valence-corrected chi connectivity index (χ0v) is 28.5. The van der Waals surface area contributed by atoms with Gasteiger partial charge >= 0.3 is 0 Å². The summed E-state index contributed by atoms with van der Waals surface area (Å²) in [5.41, 5.74) is 5.01. The third-order valence-corrected chi connectivity index (χ3v) is 9.77. The Bertz CT molecular complexity index is 1450. The third kappa shape index (κ3) is 8.68. The summed E-state index contributed by atoms with van der Waals surface area (Å²) >= 11 is 12.8. The fourth-order valence-corrected chi connectivity index (χ4v) is 7.12.